The minimum atomic E-state index is -0.739. The number of hydrazone groups is 1. The van der Waals surface area contributed by atoms with Crippen molar-refractivity contribution in [2.45, 2.75) is 18.8 Å². The lowest BCUT2D eigenvalue weighted by atomic mass is 10.0. The molecule has 0 amide bonds. The van der Waals surface area contributed by atoms with E-state index in [2.05, 4.69) is 15.7 Å². The zero-order valence-electron chi connectivity index (χ0n) is 8.88. The molecule has 16 heavy (non-hydrogen) atoms. The standard InChI is InChI=1S/C8H14N4O4/c1-9-8(11-12(13)14)10-6-4-16-7-5(6)2-3-15-7/h5-7H,2-4H2,1H3,(H2,9,10,11)/t5-,6+,7+/m0/s1. The molecule has 0 aromatic carbocycles. The molecule has 0 saturated carbocycles. The molecule has 2 heterocycles. The summed E-state index contributed by atoms with van der Waals surface area (Å²) in [6.45, 7) is 1.16. The molecule has 0 radical (unpaired) electrons. The van der Waals surface area contributed by atoms with E-state index in [4.69, 9.17) is 9.47 Å². The number of ether oxygens (including phenoxy) is 2. The van der Waals surface area contributed by atoms with Gasteiger partial charge in [0.25, 0.3) is 5.96 Å². The first kappa shape index (κ1) is 11.1. The van der Waals surface area contributed by atoms with Gasteiger partial charge in [-0.2, -0.15) is 0 Å². The Balaban J connectivity index is 1.96. The lowest BCUT2D eigenvalue weighted by Crippen LogP contribution is -2.45. The summed E-state index contributed by atoms with van der Waals surface area (Å²) >= 11 is 0. The summed E-state index contributed by atoms with van der Waals surface area (Å²) in [6, 6.07) is 0.0126. The van der Waals surface area contributed by atoms with Gasteiger partial charge in [-0.05, 0) is 6.42 Å². The number of nitrogens with zero attached hydrogens (tertiary/aromatic N) is 2. The van der Waals surface area contributed by atoms with Crippen LogP contribution in [0.15, 0.2) is 5.10 Å². The van der Waals surface area contributed by atoms with Crippen molar-refractivity contribution < 1.29 is 14.5 Å². The van der Waals surface area contributed by atoms with Crippen molar-refractivity contribution in [2.75, 3.05) is 20.3 Å². The second-order valence-electron chi connectivity index (χ2n) is 3.71. The minimum Gasteiger partial charge on any atom is -0.354 e. The van der Waals surface area contributed by atoms with Gasteiger partial charge in [-0.15, -0.1) is 0 Å². The van der Waals surface area contributed by atoms with Crippen molar-refractivity contribution in [1.82, 2.24) is 10.6 Å². The highest BCUT2D eigenvalue weighted by molar-refractivity contribution is 5.79. The van der Waals surface area contributed by atoms with Gasteiger partial charge in [0.2, 0.25) is 0 Å². The second-order valence-corrected chi connectivity index (χ2v) is 3.71. The summed E-state index contributed by atoms with van der Waals surface area (Å²) in [4.78, 5) is 10.3. The molecule has 2 aliphatic heterocycles. The summed E-state index contributed by atoms with van der Waals surface area (Å²) in [5.74, 6) is 0.386. The molecule has 0 unspecified atom stereocenters. The maximum absolute atomic E-state index is 10.3. The molecule has 2 N–H and O–H groups in total. The minimum absolute atomic E-state index is 0.0126. The van der Waals surface area contributed by atoms with Crippen LogP contribution in [-0.2, 0) is 9.47 Å². The third-order valence-electron chi connectivity index (χ3n) is 2.78. The molecule has 2 rings (SSSR count). The maximum atomic E-state index is 10.3. The number of rotatable bonds is 2. The van der Waals surface area contributed by atoms with Gasteiger partial charge < -0.3 is 20.1 Å². The predicted molar refractivity (Wildman–Crippen MR) is 54.2 cm³/mol. The first-order chi connectivity index (χ1) is 7.70. The third kappa shape index (κ3) is 2.22. The Morgan fingerprint density at radius 2 is 2.38 bits per heavy atom. The maximum Gasteiger partial charge on any atom is 0.268 e. The van der Waals surface area contributed by atoms with Gasteiger partial charge in [-0.1, -0.05) is 0 Å². The molecule has 0 spiro atoms. The summed E-state index contributed by atoms with van der Waals surface area (Å²) < 4.78 is 10.7. The molecule has 90 valence electrons. The van der Waals surface area contributed by atoms with E-state index in [0.717, 1.165) is 6.42 Å². The fraction of sp³-hybridized carbons (Fsp3) is 0.875. The Labute approximate surface area is 92.1 Å². The predicted octanol–water partition coefficient (Wildman–Crippen LogP) is -0.895. The Morgan fingerprint density at radius 1 is 1.56 bits per heavy atom. The second kappa shape index (κ2) is 4.62. The number of fused-ring (bicyclic) bond motifs is 1. The topological polar surface area (TPSA) is 98.0 Å². The van der Waals surface area contributed by atoms with Gasteiger partial charge in [0.05, 0.1) is 19.3 Å². The van der Waals surface area contributed by atoms with Crippen LogP contribution >= 0.6 is 0 Å². The fourth-order valence-electron chi connectivity index (χ4n) is 2.02. The SMILES string of the molecule is CN/C(=N\[N+](=O)[O-])N[C@@H]1CO[C@H]2OCC[C@H]21. The van der Waals surface area contributed by atoms with Crippen molar-refractivity contribution in [2.24, 2.45) is 11.0 Å². The van der Waals surface area contributed by atoms with Crippen LogP contribution in [0.2, 0.25) is 0 Å². The van der Waals surface area contributed by atoms with Crippen molar-refractivity contribution in [3.8, 4) is 0 Å². The highest BCUT2D eigenvalue weighted by atomic mass is 16.7. The monoisotopic (exact) mass is 230 g/mol. The molecule has 3 atom stereocenters. The molecular formula is C8H14N4O4. The zero-order valence-corrected chi connectivity index (χ0v) is 8.88. The van der Waals surface area contributed by atoms with E-state index in [1.165, 1.54) is 0 Å². The number of guanidine groups is 1. The Bertz CT molecular complexity index is 308. The van der Waals surface area contributed by atoms with E-state index in [1.807, 2.05) is 0 Å². The van der Waals surface area contributed by atoms with Crippen LogP contribution in [0.25, 0.3) is 0 Å². The Hall–Kier alpha value is -1.41. The number of nitrogens with one attached hydrogen (secondary N) is 2. The van der Waals surface area contributed by atoms with E-state index in [-0.39, 0.29) is 24.2 Å². The largest absolute Gasteiger partial charge is 0.354 e. The highest BCUT2D eigenvalue weighted by Gasteiger charge is 2.42. The van der Waals surface area contributed by atoms with Crippen molar-refractivity contribution in [3.05, 3.63) is 10.1 Å². The molecule has 8 nitrogen and oxygen atoms in total. The normalized spacial score (nSPS) is 33.6. The lowest BCUT2D eigenvalue weighted by molar-refractivity contribution is -0.485. The molecule has 0 bridgehead atoms. The molecule has 2 saturated heterocycles. The van der Waals surface area contributed by atoms with E-state index in [0.29, 0.717) is 13.2 Å². The highest BCUT2D eigenvalue weighted by Crippen LogP contribution is 2.30. The van der Waals surface area contributed by atoms with Crippen molar-refractivity contribution in [3.63, 3.8) is 0 Å². The van der Waals surface area contributed by atoms with Crippen molar-refractivity contribution >= 4 is 5.96 Å². The van der Waals surface area contributed by atoms with Crippen LogP contribution in [0.1, 0.15) is 6.42 Å². The van der Waals surface area contributed by atoms with E-state index < -0.39 is 5.03 Å². The average molecular weight is 230 g/mol. The van der Waals surface area contributed by atoms with Crippen LogP contribution in [0, 0.1) is 16.0 Å². The van der Waals surface area contributed by atoms with Gasteiger partial charge in [0.1, 0.15) is 5.10 Å². The quantitative estimate of drug-likeness (QED) is 0.276. The number of nitro groups is 1. The Kier molecular flexibility index (Phi) is 3.20. The smallest absolute Gasteiger partial charge is 0.268 e. The summed E-state index contributed by atoms with van der Waals surface area (Å²) in [6.07, 6.45) is 0.726. The van der Waals surface area contributed by atoms with E-state index >= 15 is 0 Å². The van der Waals surface area contributed by atoms with Gasteiger partial charge in [-0.3, -0.25) is 0 Å². The molecule has 8 heteroatoms. The van der Waals surface area contributed by atoms with Crippen LogP contribution in [-0.4, -0.2) is 43.6 Å². The molecule has 0 aliphatic carbocycles. The molecule has 2 fully saturated rings. The third-order valence-corrected chi connectivity index (χ3v) is 2.78. The number of hydrogen-bond donors (Lipinski definition) is 2. The molecule has 0 aromatic rings. The average Bonchev–Trinajstić information content (AvgIpc) is 2.80. The summed E-state index contributed by atoms with van der Waals surface area (Å²) in [5, 5.41) is 18.3. The zero-order chi connectivity index (χ0) is 11.5. The van der Waals surface area contributed by atoms with Gasteiger partial charge in [-0.25, -0.2) is 10.1 Å². The van der Waals surface area contributed by atoms with E-state index in [9.17, 15) is 10.1 Å². The molecular weight excluding hydrogens is 216 g/mol. The lowest BCUT2D eigenvalue weighted by Gasteiger charge is -2.16. The van der Waals surface area contributed by atoms with E-state index in [1.54, 1.807) is 7.05 Å². The molecule has 2 aliphatic rings. The van der Waals surface area contributed by atoms with Gasteiger partial charge in [0, 0.05) is 13.0 Å². The van der Waals surface area contributed by atoms with Gasteiger partial charge in [0.15, 0.2) is 11.3 Å². The molecule has 0 aromatic heterocycles. The summed E-state index contributed by atoms with van der Waals surface area (Å²) in [7, 11) is 1.58. The fourth-order valence-corrected chi connectivity index (χ4v) is 2.02. The van der Waals surface area contributed by atoms with Crippen LogP contribution in [0.4, 0.5) is 0 Å². The van der Waals surface area contributed by atoms with Gasteiger partial charge >= 0.3 is 0 Å². The van der Waals surface area contributed by atoms with Crippen LogP contribution in [0.5, 0.6) is 0 Å². The van der Waals surface area contributed by atoms with Crippen LogP contribution < -0.4 is 10.6 Å². The summed E-state index contributed by atoms with van der Waals surface area (Å²) in [5.41, 5.74) is 0. The van der Waals surface area contributed by atoms with Crippen molar-refractivity contribution in [1.29, 1.82) is 0 Å². The Morgan fingerprint density at radius 3 is 3.06 bits per heavy atom. The number of hydrogen-bond acceptors (Lipinski definition) is 4. The first-order valence-corrected chi connectivity index (χ1v) is 5.11. The van der Waals surface area contributed by atoms with Crippen LogP contribution in [0.3, 0.4) is 0 Å². The first-order valence-electron chi connectivity index (χ1n) is 5.11.